The van der Waals surface area contributed by atoms with E-state index in [9.17, 15) is 0 Å². The van der Waals surface area contributed by atoms with E-state index in [1.54, 1.807) is 0 Å². The van der Waals surface area contributed by atoms with E-state index in [2.05, 4.69) is 36.4 Å². The minimum Gasteiger partial charge on any atom is -0.399 e. The van der Waals surface area contributed by atoms with Crippen LogP contribution in [0, 0.1) is 0 Å². The molecule has 4 nitrogen and oxygen atoms in total. The molecule has 0 aliphatic carbocycles. The highest BCUT2D eigenvalue weighted by atomic mass is 14.6. The fourth-order valence-electron chi connectivity index (χ4n) is 4.07. The van der Waals surface area contributed by atoms with Crippen molar-refractivity contribution in [1.29, 1.82) is 0 Å². The molecular weight excluding hydrogens is 368 g/mol. The van der Waals surface area contributed by atoms with E-state index in [0.717, 1.165) is 45.0 Å². The van der Waals surface area contributed by atoms with E-state index in [4.69, 9.17) is 22.9 Å². The third kappa shape index (κ3) is 4.08. The Morgan fingerprint density at radius 1 is 0.367 bits per heavy atom. The van der Waals surface area contributed by atoms with Crippen molar-refractivity contribution in [2.24, 2.45) is 0 Å². The van der Waals surface area contributed by atoms with Gasteiger partial charge in [0.15, 0.2) is 0 Å². The van der Waals surface area contributed by atoms with Crippen molar-refractivity contribution in [3.63, 3.8) is 0 Å². The molecule has 0 aromatic heterocycles. The van der Waals surface area contributed by atoms with Gasteiger partial charge in [-0.2, -0.15) is 0 Å². The maximum absolute atomic E-state index is 6.16. The molecular formula is C26H26N4. The van der Waals surface area contributed by atoms with E-state index in [-0.39, 0.29) is 11.8 Å². The van der Waals surface area contributed by atoms with Crippen LogP contribution in [0.1, 0.15) is 34.1 Å². The van der Waals surface area contributed by atoms with Crippen molar-refractivity contribution in [3.05, 3.63) is 119 Å². The van der Waals surface area contributed by atoms with Crippen LogP contribution >= 0.6 is 0 Å². The number of rotatable bonds is 5. The Hall–Kier alpha value is -3.92. The summed E-state index contributed by atoms with van der Waals surface area (Å²) in [4.78, 5) is 0. The first kappa shape index (κ1) is 19.4. The lowest BCUT2D eigenvalue weighted by molar-refractivity contribution is 0.695. The largest absolute Gasteiger partial charge is 0.399 e. The fourth-order valence-corrected chi connectivity index (χ4v) is 4.07. The topological polar surface area (TPSA) is 104 Å². The molecule has 4 aromatic rings. The zero-order valence-corrected chi connectivity index (χ0v) is 16.7. The maximum atomic E-state index is 6.16. The molecule has 0 atom stereocenters. The Morgan fingerprint density at radius 2 is 0.733 bits per heavy atom. The van der Waals surface area contributed by atoms with Crippen molar-refractivity contribution in [2.75, 3.05) is 22.9 Å². The molecule has 0 saturated heterocycles. The van der Waals surface area contributed by atoms with Crippen LogP contribution in [-0.4, -0.2) is 0 Å². The fraction of sp³-hybridized carbons (Fsp3) is 0.0769. The quantitative estimate of drug-likeness (QED) is 0.358. The highest BCUT2D eigenvalue weighted by molar-refractivity contribution is 5.54. The molecule has 4 rings (SSSR count). The average Bonchev–Trinajstić information content (AvgIpc) is 2.73. The maximum Gasteiger partial charge on any atom is 0.0316 e. The summed E-state index contributed by atoms with van der Waals surface area (Å²) in [5.74, 6) is 0.0269. The first-order valence-corrected chi connectivity index (χ1v) is 9.93. The Kier molecular flexibility index (Phi) is 5.31. The van der Waals surface area contributed by atoms with Gasteiger partial charge in [-0.1, -0.05) is 48.5 Å². The molecule has 0 radical (unpaired) electrons. The van der Waals surface area contributed by atoms with Crippen molar-refractivity contribution >= 4 is 22.7 Å². The molecule has 4 heteroatoms. The molecule has 8 N–H and O–H groups in total. The van der Waals surface area contributed by atoms with E-state index < -0.39 is 0 Å². The van der Waals surface area contributed by atoms with Crippen LogP contribution in [0.25, 0.3) is 0 Å². The smallest absolute Gasteiger partial charge is 0.0316 e. The van der Waals surface area contributed by atoms with Gasteiger partial charge in [0.05, 0.1) is 0 Å². The second-order valence-corrected chi connectivity index (χ2v) is 7.63. The minimum atomic E-state index is 0.00393. The number of hydrogen-bond acceptors (Lipinski definition) is 4. The average molecular weight is 395 g/mol. The third-order valence-electron chi connectivity index (χ3n) is 5.46. The lowest BCUT2D eigenvalue weighted by Gasteiger charge is -2.30. The second kappa shape index (κ2) is 8.21. The van der Waals surface area contributed by atoms with E-state index >= 15 is 0 Å². The standard InChI is InChI=1S/C26H26N4/c27-21-11-7-17(8-12-21)25(18-9-13-22(28)14-10-18)26(19-3-1-5-23(29)15-19)20-4-2-6-24(30)16-20/h1-16,25-26H,27-30H2. The third-order valence-corrected chi connectivity index (χ3v) is 5.46. The van der Waals surface area contributed by atoms with Gasteiger partial charge < -0.3 is 22.9 Å². The molecule has 0 aliphatic rings. The molecule has 0 unspecified atom stereocenters. The van der Waals surface area contributed by atoms with Gasteiger partial charge in [-0.05, 0) is 70.8 Å². The summed E-state index contributed by atoms with van der Waals surface area (Å²) in [5.41, 5.74) is 31.8. The second-order valence-electron chi connectivity index (χ2n) is 7.63. The van der Waals surface area contributed by atoms with E-state index in [1.165, 1.54) is 0 Å². The number of anilines is 4. The Morgan fingerprint density at radius 3 is 1.10 bits per heavy atom. The molecule has 0 spiro atoms. The minimum absolute atomic E-state index is 0.00393. The summed E-state index contributed by atoms with van der Waals surface area (Å²) in [6.45, 7) is 0. The van der Waals surface area contributed by atoms with Crippen LogP contribution in [0.4, 0.5) is 22.7 Å². The molecule has 4 aromatic carbocycles. The summed E-state index contributed by atoms with van der Waals surface area (Å²) in [6, 6.07) is 32.2. The van der Waals surface area contributed by atoms with Crippen molar-refractivity contribution < 1.29 is 0 Å². The highest BCUT2D eigenvalue weighted by Gasteiger charge is 2.28. The van der Waals surface area contributed by atoms with Crippen LogP contribution in [0.2, 0.25) is 0 Å². The van der Waals surface area contributed by atoms with Gasteiger partial charge >= 0.3 is 0 Å². The van der Waals surface area contributed by atoms with Crippen LogP contribution in [0.15, 0.2) is 97.1 Å². The van der Waals surface area contributed by atoms with Crippen molar-refractivity contribution in [2.45, 2.75) is 11.8 Å². The first-order chi connectivity index (χ1) is 14.5. The lowest BCUT2D eigenvalue weighted by atomic mass is 9.73. The van der Waals surface area contributed by atoms with Gasteiger partial charge in [-0.25, -0.2) is 0 Å². The SMILES string of the molecule is Nc1ccc(C(c2ccc(N)cc2)C(c2cccc(N)c2)c2cccc(N)c2)cc1. The molecule has 30 heavy (non-hydrogen) atoms. The van der Waals surface area contributed by atoms with E-state index in [0.29, 0.717) is 0 Å². The number of nitrogens with two attached hydrogens (primary N) is 4. The molecule has 0 amide bonds. The zero-order valence-electron chi connectivity index (χ0n) is 16.7. The normalized spacial score (nSPS) is 11.1. The Balaban J connectivity index is 1.96. The number of hydrogen-bond donors (Lipinski definition) is 4. The van der Waals surface area contributed by atoms with Gasteiger partial charge in [0.2, 0.25) is 0 Å². The van der Waals surface area contributed by atoms with Crippen LogP contribution in [0.5, 0.6) is 0 Å². The van der Waals surface area contributed by atoms with Gasteiger partial charge in [-0.3, -0.25) is 0 Å². The predicted molar refractivity (Wildman–Crippen MR) is 127 cm³/mol. The highest BCUT2D eigenvalue weighted by Crippen LogP contribution is 2.44. The predicted octanol–water partition coefficient (Wildman–Crippen LogP) is 4.98. The van der Waals surface area contributed by atoms with Gasteiger partial charge in [-0.15, -0.1) is 0 Å². The van der Waals surface area contributed by atoms with Crippen LogP contribution in [0.3, 0.4) is 0 Å². The van der Waals surface area contributed by atoms with Crippen LogP contribution < -0.4 is 22.9 Å². The summed E-state index contributed by atoms with van der Waals surface area (Å²) >= 11 is 0. The molecule has 0 heterocycles. The first-order valence-electron chi connectivity index (χ1n) is 9.93. The summed E-state index contributed by atoms with van der Waals surface area (Å²) in [7, 11) is 0. The summed E-state index contributed by atoms with van der Waals surface area (Å²) in [6.07, 6.45) is 0. The van der Waals surface area contributed by atoms with Gasteiger partial charge in [0.1, 0.15) is 0 Å². The van der Waals surface area contributed by atoms with Gasteiger partial charge in [0.25, 0.3) is 0 Å². The molecule has 0 bridgehead atoms. The molecule has 0 saturated carbocycles. The summed E-state index contributed by atoms with van der Waals surface area (Å²) < 4.78 is 0. The zero-order chi connectivity index (χ0) is 21.1. The lowest BCUT2D eigenvalue weighted by Crippen LogP contribution is -2.15. The monoisotopic (exact) mass is 394 g/mol. The van der Waals surface area contributed by atoms with Crippen molar-refractivity contribution in [1.82, 2.24) is 0 Å². The Bertz CT molecular complexity index is 1040. The molecule has 150 valence electrons. The Labute approximate surface area is 177 Å². The van der Waals surface area contributed by atoms with Gasteiger partial charge in [0, 0.05) is 34.6 Å². The summed E-state index contributed by atoms with van der Waals surface area (Å²) in [5, 5.41) is 0. The number of nitrogen functional groups attached to an aromatic ring is 4. The molecule has 0 fully saturated rings. The van der Waals surface area contributed by atoms with E-state index in [1.807, 2.05) is 60.7 Å². The van der Waals surface area contributed by atoms with Crippen LogP contribution in [-0.2, 0) is 0 Å². The molecule has 0 aliphatic heterocycles. The number of benzene rings is 4. The van der Waals surface area contributed by atoms with Crippen molar-refractivity contribution in [3.8, 4) is 0 Å².